The molecule has 30 heavy (non-hydrogen) atoms. The zero-order valence-corrected chi connectivity index (χ0v) is 17.6. The van der Waals surface area contributed by atoms with E-state index in [1.807, 2.05) is 12.1 Å². The molecule has 0 aromatic heterocycles. The van der Waals surface area contributed by atoms with Crippen LogP contribution in [0.5, 0.6) is 11.5 Å². The van der Waals surface area contributed by atoms with E-state index >= 15 is 0 Å². The number of piperidine rings is 1. The number of carbonyl (C=O) groups excluding carboxylic acids is 1. The fourth-order valence-corrected chi connectivity index (χ4v) is 3.53. The van der Waals surface area contributed by atoms with Crippen LogP contribution in [0.4, 0.5) is 0 Å². The van der Waals surface area contributed by atoms with Crippen molar-refractivity contribution in [2.24, 2.45) is 5.73 Å². The molecule has 158 valence electrons. The van der Waals surface area contributed by atoms with Crippen molar-refractivity contribution in [1.82, 2.24) is 4.90 Å². The Morgan fingerprint density at radius 1 is 1.27 bits per heavy atom. The van der Waals surface area contributed by atoms with Gasteiger partial charge in [-0.1, -0.05) is 42.5 Å². The smallest absolute Gasteiger partial charge is 0.189 e. The number of halogens is 1. The van der Waals surface area contributed by atoms with Crippen LogP contribution in [0.25, 0.3) is 6.08 Å². The SMILES string of the molecule is C=CCOc1cc(O)c(C(=O)/C=C/c2ccc(Cl)cc2)cc1CN1CCC(N)CC1. The number of benzene rings is 2. The molecule has 0 spiro atoms. The minimum Gasteiger partial charge on any atom is -0.507 e. The van der Waals surface area contributed by atoms with E-state index in [0.29, 0.717) is 23.9 Å². The highest BCUT2D eigenvalue weighted by Crippen LogP contribution is 2.31. The Morgan fingerprint density at radius 2 is 1.97 bits per heavy atom. The van der Waals surface area contributed by atoms with E-state index in [4.69, 9.17) is 22.1 Å². The van der Waals surface area contributed by atoms with Gasteiger partial charge >= 0.3 is 0 Å². The maximum Gasteiger partial charge on any atom is 0.189 e. The molecule has 0 amide bonds. The van der Waals surface area contributed by atoms with Crippen molar-refractivity contribution in [2.45, 2.75) is 25.4 Å². The Labute approximate surface area is 182 Å². The van der Waals surface area contributed by atoms with E-state index in [-0.39, 0.29) is 23.1 Å². The summed E-state index contributed by atoms with van der Waals surface area (Å²) in [5, 5.41) is 11.1. The predicted molar refractivity (Wildman–Crippen MR) is 121 cm³/mol. The van der Waals surface area contributed by atoms with Crippen molar-refractivity contribution in [2.75, 3.05) is 19.7 Å². The van der Waals surface area contributed by atoms with Gasteiger partial charge in [-0.2, -0.15) is 0 Å². The number of allylic oxidation sites excluding steroid dienone is 1. The molecule has 6 heteroatoms. The quantitative estimate of drug-likeness (QED) is 0.371. The van der Waals surface area contributed by atoms with E-state index in [9.17, 15) is 9.90 Å². The largest absolute Gasteiger partial charge is 0.507 e. The van der Waals surface area contributed by atoms with E-state index in [2.05, 4.69) is 11.5 Å². The first-order valence-corrected chi connectivity index (χ1v) is 10.4. The number of ketones is 1. The lowest BCUT2D eigenvalue weighted by molar-refractivity contribution is 0.104. The second-order valence-electron chi connectivity index (χ2n) is 7.44. The van der Waals surface area contributed by atoms with Crippen LogP contribution in [-0.2, 0) is 6.54 Å². The first-order chi connectivity index (χ1) is 14.5. The van der Waals surface area contributed by atoms with E-state index in [1.54, 1.807) is 30.4 Å². The summed E-state index contributed by atoms with van der Waals surface area (Å²) in [6, 6.07) is 10.6. The third-order valence-electron chi connectivity index (χ3n) is 5.12. The van der Waals surface area contributed by atoms with Crippen molar-refractivity contribution in [1.29, 1.82) is 0 Å². The number of hydrogen-bond acceptors (Lipinski definition) is 5. The fraction of sp³-hybridized carbons (Fsp3) is 0.292. The lowest BCUT2D eigenvalue weighted by Gasteiger charge is -2.30. The monoisotopic (exact) mass is 426 g/mol. The van der Waals surface area contributed by atoms with Crippen LogP contribution in [0.1, 0.15) is 34.3 Å². The zero-order valence-electron chi connectivity index (χ0n) is 16.9. The number of hydrogen-bond donors (Lipinski definition) is 2. The first kappa shape index (κ1) is 22.1. The second kappa shape index (κ2) is 10.4. The summed E-state index contributed by atoms with van der Waals surface area (Å²) in [5.74, 6) is 0.171. The number of carbonyl (C=O) groups is 1. The zero-order chi connectivity index (χ0) is 21.5. The second-order valence-corrected chi connectivity index (χ2v) is 7.88. The summed E-state index contributed by atoms with van der Waals surface area (Å²) in [6.45, 7) is 6.40. The Bertz CT molecular complexity index is 917. The summed E-state index contributed by atoms with van der Waals surface area (Å²) in [5.41, 5.74) is 7.95. The Balaban J connectivity index is 1.83. The lowest BCUT2D eigenvalue weighted by Crippen LogP contribution is -2.39. The third kappa shape index (κ3) is 5.95. The summed E-state index contributed by atoms with van der Waals surface area (Å²) >= 11 is 5.89. The van der Waals surface area contributed by atoms with Gasteiger partial charge in [0.25, 0.3) is 0 Å². The van der Waals surface area contributed by atoms with Gasteiger partial charge in [0, 0.05) is 29.2 Å². The van der Waals surface area contributed by atoms with Crippen LogP contribution in [0.15, 0.2) is 55.1 Å². The number of aromatic hydroxyl groups is 1. The molecule has 1 fully saturated rings. The van der Waals surface area contributed by atoms with Gasteiger partial charge in [-0.25, -0.2) is 0 Å². The molecule has 3 N–H and O–H groups in total. The molecule has 0 unspecified atom stereocenters. The van der Waals surface area contributed by atoms with Gasteiger partial charge < -0.3 is 15.6 Å². The minimum atomic E-state index is -0.278. The summed E-state index contributed by atoms with van der Waals surface area (Å²) < 4.78 is 5.73. The molecule has 1 aliphatic rings. The number of nitrogens with two attached hydrogens (primary N) is 1. The van der Waals surface area contributed by atoms with Crippen LogP contribution >= 0.6 is 11.6 Å². The average Bonchev–Trinajstić information content (AvgIpc) is 2.74. The molecule has 1 saturated heterocycles. The molecular weight excluding hydrogens is 400 g/mol. The lowest BCUT2D eigenvalue weighted by atomic mass is 10.0. The number of phenols is 1. The molecule has 1 aliphatic heterocycles. The average molecular weight is 427 g/mol. The molecule has 0 radical (unpaired) electrons. The van der Waals surface area contributed by atoms with Gasteiger partial charge in [0.15, 0.2) is 5.78 Å². The molecule has 1 heterocycles. The maximum absolute atomic E-state index is 12.8. The number of ether oxygens (including phenoxy) is 1. The molecule has 2 aromatic rings. The molecule has 0 aliphatic carbocycles. The Hall–Kier alpha value is -2.60. The molecule has 3 rings (SSSR count). The number of nitrogens with zero attached hydrogens (tertiary/aromatic N) is 1. The van der Waals surface area contributed by atoms with Gasteiger partial charge in [-0.05, 0) is 55.8 Å². The number of rotatable bonds is 8. The van der Waals surface area contributed by atoms with Gasteiger partial charge in [0.05, 0.1) is 5.56 Å². The van der Waals surface area contributed by atoms with Crippen LogP contribution < -0.4 is 10.5 Å². The van der Waals surface area contributed by atoms with Crippen LogP contribution in [0, 0.1) is 0 Å². The number of likely N-dealkylation sites (tertiary alicyclic amines) is 1. The van der Waals surface area contributed by atoms with Crippen molar-refractivity contribution < 1.29 is 14.6 Å². The maximum atomic E-state index is 12.8. The molecular formula is C24H27ClN2O3. The van der Waals surface area contributed by atoms with Crippen molar-refractivity contribution >= 4 is 23.5 Å². The predicted octanol–water partition coefficient (Wildman–Crippen LogP) is 4.43. The van der Waals surface area contributed by atoms with E-state index in [1.165, 1.54) is 12.1 Å². The highest BCUT2D eigenvalue weighted by Gasteiger charge is 2.20. The standard InChI is InChI=1S/C24H27ClN2O3/c1-2-13-30-24-15-23(29)21(14-18(24)16-27-11-9-20(26)10-12-27)22(28)8-5-17-3-6-19(25)7-4-17/h2-8,14-15,20,29H,1,9-13,16,26H2/b8-5+. The van der Waals surface area contributed by atoms with Gasteiger partial charge in [0.1, 0.15) is 18.1 Å². The highest BCUT2D eigenvalue weighted by molar-refractivity contribution is 6.30. The topological polar surface area (TPSA) is 75.8 Å². The van der Waals surface area contributed by atoms with E-state index < -0.39 is 0 Å². The van der Waals surface area contributed by atoms with Gasteiger partial charge in [-0.15, -0.1) is 0 Å². The first-order valence-electron chi connectivity index (χ1n) is 10.0. The molecule has 0 saturated carbocycles. The summed E-state index contributed by atoms with van der Waals surface area (Å²) in [7, 11) is 0. The third-order valence-corrected chi connectivity index (χ3v) is 5.38. The normalized spacial score (nSPS) is 15.4. The van der Waals surface area contributed by atoms with Crippen LogP contribution in [0.3, 0.4) is 0 Å². The number of phenolic OH excluding ortho intramolecular Hbond substituents is 1. The van der Waals surface area contributed by atoms with Crippen molar-refractivity contribution in [3.8, 4) is 11.5 Å². The molecule has 2 aromatic carbocycles. The van der Waals surface area contributed by atoms with Crippen molar-refractivity contribution in [3.05, 3.63) is 76.8 Å². The molecule has 0 atom stereocenters. The summed E-state index contributed by atoms with van der Waals surface area (Å²) in [4.78, 5) is 15.0. The minimum absolute atomic E-state index is 0.107. The van der Waals surface area contributed by atoms with Gasteiger partial charge in [-0.3, -0.25) is 9.69 Å². The fourth-order valence-electron chi connectivity index (χ4n) is 3.41. The van der Waals surface area contributed by atoms with Crippen LogP contribution in [0.2, 0.25) is 5.02 Å². The Kier molecular flexibility index (Phi) is 7.69. The summed E-state index contributed by atoms with van der Waals surface area (Å²) in [6.07, 6.45) is 6.68. The van der Waals surface area contributed by atoms with Crippen LogP contribution in [-0.4, -0.2) is 41.5 Å². The Morgan fingerprint density at radius 3 is 2.63 bits per heavy atom. The molecule has 5 nitrogen and oxygen atoms in total. The highest BCUT2D eigenvalue weighted by atomic mass is 35.5. The van der Waals surface area contributed by atoms with Gasteiger partial charge in [0.2, 0.25) is 0 Å². The van der Waals surface area contributed by atoms with E-state index in [0.717, 1.165) is 37.1 Å². The van der Waals surface area contributed by atoms with Crippen molar-refractivity contribution in [3.63, 3.8) is 0 Å². The molecule has 0 bridgehead atoms.